The van der Waals surface area contributed by atoms with Gasteiger partial charge >= 0.3 is 5.97 Å². The Bertz CT molecular complexity index is 1250. The Balaban J connectivity index is 1.25. The van der Waals surface area contributed by atoms with Crippen molar-refractivity contribution < 1.29 is 62.7 Å². The van der Waals surface area contributed by atoms with Gasteiger partial charge in [0.15, 0.2) is 12.4 Å². The van der Waals surface area contributed by atoms with Crippen LogP contribution >= 0.6 is 0 Å². The van der Waals surface area contributed by atoms with Gasteiger partial charge in [-0.05, 0) is 97.7 Å². The molecule has 1 heterocycles. The minimum Gasteiger partial charge on any atom is -0.479 e. The van der Waals surface area contributed by atoms with Crippen molar-refractivity contribution in [2.45, 2.75) is 128 Å². The molecule has 46 heavy (non-hydrogen) atoms. The first-order chi connectivity index (χ1) is 21.4. The second kappa shape index (κ2) is 13.1. The predicted octanol–water partition coefficient (Wildman–Crippen LogP) is 0.242. The van der Waals surface area contributed by atoms with E-state index in [0.717, 1.165) is 19.3 Å². The van der Waals surface area contributed by atoms with E-state index >= 15 is 0 Å². The smallest absolute Gasteiger partial charge is 0.335 e. The minimum atomic E-state index is -4.31. The lowest BCUT2D eigenvalue weighted by molar-refractivity contribution is -0.310. The number of carbonyl (C=O) groups is 2. The van der Waals surface area contributed by atoms with Gasteiger partial charge in [0.1, 0.15) is 24.2 Å². The summed E-state index contributed by atoms with van der Waals surface area (Å²) in [4.78, 5) is 23.7. The number of aliphatic hydroxyl groups is 5. The molecule has 0 aromatic rings. The van der Waals surface area contributed by atoms with Crippen molar-refractivity contribution in [3.63, 3.8) is 0 Å². The fourth-order valence-electron chi connectivity index (χ4n) is 10.4. The number of rotatable bonds is 9. The molecule has 16 atom stereocenters. The highest BCUT2D eigenvalue weighted by Crippen LogP contribution is 2.68. The summed E-state index contributed by atoms with van der Waals surface area (Å²) in [6.07, 6.45) is -4.84. The zero-order chi connectivity index (χ0) is 33.9. The van der Waals surface area contributed by atoms with E-state index in [1.54, 1.807) is 0 Å². The number of aliphatic hydroxyl groups excluding tert-OH is 5. The topological polar surface area (TPSA) is 240 Å². The number of carbonyl (C=O) groups excluding carboxylic acids is 1. The molecule has 1 saturated heterocycles. The van der Waals surface area contributed by atoms with Crippen LogP contribution < -0.4 is 5.32 Å². The van der Waals surface area contributed by atoms with Gasteiger partial charge in [-0.25, -0.2) is 4.79 Å². The maximum atomic E-state index is 12.2. The van der Waals surface area contributed by atoms with E-state index in [-0.39, 0.29) is 47.3 Å². The number of hydrogen-bond acceptors (Lipinski definition) is 11. The number of fused-ring (bicyclic) bond motifs is 5. The van der Waals surface area contributed by atoms with Crippen LogP contribution in [-0.4, -0.2) is 110 Å². The van der Waals surface area contributed by atoms with Crippen LogP contribution in [0.2, 0.25) is 0 Å². The van der Waals surface area contributed by atoms with Crippen molar-refractivity contribution >= 4 is 22.0 Å². The Hall–Kier alpha value is -1.43. The van der Waals surface area contributed by atoms with Crippen LogP contribution in [0, 0.1) is 46.3 Å². The molecular formula is C31H51NO13S. The molecule has 4 saturated carbocycles. The number of carboxylic acid groups (broad SMARTS) is 1. The number of nitrogens with one attached hydrogen (secondary N) is 1. The maximum absolute atomic E-state index is 12.2. The maximum Gasteiger partial charge on any atom is 0.335 e. The third kappa shape index (κ3) is 6.48. The van der Waals surface area contributed by atoms with E-state index in [1.165, 1.54) is 0 Å². The number of amides is 1. The summed E-state index contributed by atoms with van der Waals surface area (Å²) >= 11 is 0. The van der Waals surface area contributed by atoms with Crippen LogP contribution in [0.25, 0.3) is 0 Å². The zero-order valence-electron chi connectivity index (χ0n) is 26.6. The van der Waals surface area contributed by atoms with E-state index in [2.05, 4.69) is 26.1 Å². The van der Waals surface area contributed by atoms with Crippen molar-refractivity contribution in [1.29, 1.82) is 0 Å². The summed E-state index contributed by atoms with van der Waals surface area (Å²) in [5.74, 6) is -2.45. The molecule has 1 aliphatic heterocycles. The van der Waals surface area contributed by atoms with Gasteiger partial charge in [0, 0.05) is 6.42 Å². The molecule has 0 aromatic carbocycles. The molecule has 8 N–H and O–H groups in total. The van der Waals surface area contributed by atoms with Crippen LogP contribution in [0.3, 0.4) is 0 Å². The first-order valence-corrected chi connectivity index (χ1v) is 18.1. The van der Waals surface area contributed by atoms with E-state index in [0.29, 0.717) is 32.1 Å². The van der Waals surface area contributed by atoms with Crippen molar-refractivity contribution in [1.82, 2.24) is 5.32 Å². The van der Waals surface area contributed by atoms with Crippen LogP contribution in [0.1, 0.15) is 78.6 Å². The molecule has 15 heteroatoms. The molecule has 14 nitrogen and oxygen atoms in total. The quantitative estimate of drug-likeness (QED) is 0.121. The largest absolute Gasteiger partial charge is 0.479 e. The highest BCUT2D eigenvalue weighted by molar-refractivity contribution is 7.85. The summed E-state index contributed by atoms with van der Waals surface area (Å²) < 4.78 is 42.2. The monoisotopic (exact) mass is 677 g/mol. The lowest BCUT2D eigenvalue weighted by Gasteiger charge is -2.63. The summed E-state index contributed by atoms with van der Waals surface area (Å²) in [6.45, 7) is 6.39. The molecule has 1 unspecified atom stereocenters. The Morgan fingerprint density at radius 1 is 0.978 bits per heavy atom. The zero-order valence-corrected chi connectivity index (χ0v) is 27.5. The number of ether oxygens (including phenoxy) is 2. The van der Waals surface area contributed by atoms with E-state index in [4.69, 9.17) is 14.0 Å². The van der Waals surface area contributed by atoms with Gasteiger partial charge in [-0.15, -0.1) is 0 Å². The van der Waals surface area contributed by atoms with Crippen molar-refractivity contribution in [3.05, 3.63) is 0 Å². The predicted molar refractivity (Wildman–Crippen MR) is 160 cm³/mol. The fraction of sp³-hybridized carbons (Fsp3) is 0.935. The average Bonchev–Trinajstić information content (AvgIpc) is 3.34. The molecule has 4 aliphatic carbocycles. The Morgan fingerprint density at radius 3 is 2.33 bits per heavy atom. The summed E-state index contributed by atoms with van der Waals surface area (Å²) in [7, 11) is -4.31. The third-order valence-corrected chi connectivity index (χ3v) is 13.4. The first kappa shape index (κ1) is 35.9. The fourth-order valence-corrected chi connectivity index (χ4v) is 10.8. The van der Waals surface area contributed by atoms with Crippen molar-refractivity contribution in [2.75, 3.05) is 5.88 Å². The molecule has 5 fully saturated rings. The van der Waals surface area contributed by atoms with Gasteiger partial charge in [0.05, 0.1) is 18.3 Å². The summed E-state index contributed by atoms with van der Waals surface area (Å²) in [6, 6.07) is 0. The molecule has 0 radical (unpaired) electrons. The average molecular weight is 678 g/mol. The second-order valence-corrected chi connectivity index (χ2v) is 16.7. The van der Waals surface area contributed by atoms with Crippen LogP contribution in [0.4, 0.5) is 0 Å². The highest BCUT2D eigenvalue weighted by Gasteiger charge is 2.66. The Labute approximate surface area is 269 Å². The molecule has 1 amide bonds. The van der Waals surface area contributed by atoms with Crippen LogP contribution in [-0.2, 0) is 29.2 Å². The molecule has 5 rings (SSSR count). The molecule has 0 bridgehead atoms. The van der Waals surface area contributed by atoms with Crippen molar-refractivity contribution in [3.8, 4) is 0 Å². The van der Waals surface area contributed by atoms with Gasteiger partial charge in [-0.2, -0.15) is 8.42 Å². The Kier molecular flexibility index (Phi) is 10.2. The van der Waals surface area contributed by atoms with Crippen LogP contribution in [0.5, 0.6) is 0 Å². The lowest BCUT2D eigenvalue weighted by Crippen LogP contribution is -2.63. The summed E-state index contributed by atoms with van der Waals surface area (Å²) in [5.41, 5.74) is -0.664. The van der Waals surface area contributed by atoms with Gasteiger partial charge in [-0.1, -0.05) is 20.8 Å². The van der Waals surface area contributed by atoms with Gasteiger partial charge < -0.3 is 45.4 Å². The normalized spacial score (nSPS) is 48.1. The summed E-state index contributed by atoms with van der Waals surface area (Å²) in [5, 5.41) is 65.8. The van der Waals surface area contributed by atoms with E-state index < -0.39 is 82.3 Å². The minimum absolute atomic E-state index is 0.0150. The molecule has 0 aromatic heterocycles. The molecule has 5 aliphatic rings. The standard InChI is InChI=1S/C31H51NO13S/c1-14(4-7-22(35)32-13-46(41,42)43)17-5-6-18-23-19(12-21(34)31(17,18)3)30(2)9-8-16(10-15(30)11-20(23)33)44-29-26(38)24(36)25(37)27(45-29)28(39)40/h14-21,23-27,29,33-34,36-38H,4-13H2,1-3H3,(H,32,35)(H,39,40)(H,41,42,43)/t14-,15+,16-,17-,18+,19+,20-,21+,23+,24?,25+,26-,27+,29-,30+,31-/m1/s1. The van der Waals surface area contributed by atoms with E-state index in [1.807, 2.05) is 0 Å². The number of hydrogen-bond donors (Lipinski definition) is 8. The molecule has 264 valence electrons. The van der Waals surface area contributed by atoms with Gasteiger partial charge in [-0.3, -0.25) is 9.35 Å². The molecule has 0 spiro atoms. The van der Waals surface area contributed by atoms with E-state index in [9.17, 15) is 48.6 Å². The Morgan fingerprint density at radius 2 is 1.67 bits per heavy atom. The first-order valence-electron chi connectivity index (χ1n) is 16.5. The number of carboxylic acids is 1. The highest BCUT2D eigenvalue weighted by atomic mass is 32.2. The lowest BCUT2D eigenvalue weighted by atomic mass is 9.43. The van der Waals surface area contributed by atoms with Crippen LogP contribution in [0.15, 0.2) is 0 Å². The third-order valence-electron chi connectivity index (χ3n) is 12.9. The van der Waals surface area contributed by atoms with Gasteiger partial charge in [0.2, 0.25) is 5.91 Å². The number of aliphatic carboxylic acids is 1. The molecular weight excluding hydrogens is 626 g/mol. The van der Waals surface area contributed by atoms with Gasteiger partial charge in [0.25, 0.3) is 10.1 Å². The van der Waals surface area contributed by atoms with Crippen molar-refractivity contribution in [2.24, 2.45) is 46.3 Å². The SMILES string of the molecule is C[C@H](CCC(=O)NCS(=O)(=O)O)[C@H]1CC[C@H]2[C@@H]3[C@H](O)C[C@@H]4C[C@H](O[C@@H]5O[C@H](C(=O)O)[C@@H](O)C(O)[C@H]5O)CC[C@]4(C)[C@H]3C[C@H](O)[C@]12C. The second-order valence-electron chi connectivity index (χ2n) is 15.2.